The van der Waals surface area contributed by atoms with E-state index in [4.69, 9.17) is 10.5 Å². The Labute approximate surface area is 76.2 Å². The molecule has 0 spiro atoms. The molecule has 0 aliphatic rings. The Morgan fingerprint density at radius 1 is 1.23 bits per heavy atom. The molecule has 13 heavy (non-hydrogen) atoms. The van der Waals surface area contributed by atoms with E-state index in [9.17, 15) is 13.2 Å². The summed E-state index contributed by atoms with van der Waals surface area (Å²) in [5.41, 5.74) is 4.27. The van der Waals surface area contributed by atoms with Crippen LogP contribution in [0.3, 0.4) is 0 Å². The molecule has 0 heterocycles. The largest absolute Gasteiger partial charge is 0.414 e. The van der Waals surface area contributed by atoms with Gasteiger partial charge in [0.1, 0.15) is 0 Å². The lowest BCUT2D eigenvalue weighted by atomic mass is 10.1. The van der Waals surface area contributed by atoms with Crippen molar-refractivity contribution in [1.82, 2.24) is 0 Å². The maximum atomic E-state index is 12.3. The third-order valence-corrected chi connectivity index (χ3v) is 1.29. The van der Waals surface area contributed by atoms with Crippen LogP contribution in [0.4, 0.5) is 13.2 Å². The van der Waals surface area contributed by atoms with E-state index in [0.717, 1.165) is 0 Å². The summed E-state index contributed by atoms with van der Waals surface area (Å²) in [4.78, 5) is 0. The Kier molecular flexibility index (Phi) is 4.19. The predicted octanol–water partition coefficient (Wildman–Crippen LogP) is 2.08. The third kappa shape index (κ3) is 5.87. The zero-order valence-corrected chi connectivity index (χ0v) is 8.11. The van der Waals surface area contributed by atoms with Crippen molar-refractivity contribution in [1.29, 1.82) is 0 Å². The van der Waals surface area contributed by atoms with Crippen LogP contribution in [0.5, 0.6) is 0 Å². The van der Waals surface area contributed by atoms with Crippen LogP contribution in [-0.2, 0) is 4.74 Å². The molecule has 0 aromatic rings. The van der Waals surface area contributed by atoms with Crippen molar-refractivity contribution in [2.24, 2.45) is 5.73 Å². The fourth-order valence-electron chi connectivity index (χ4n) is 0.868. The van der Waals surface area contributed by atoms with E-state index in [2.05, 4.69) is 0 Å². The molecule has 0 amide bonds. The van der Waals surface area contributed by atoms with E-state index in [0.29, 0.717) is 0 Å². The Morgan fingerprint density at radius 2 is 1.69 bits per heavy atom. The molecule has 0 saturated carbocycles. The van der Waals surface area contributed by atoms with Gasteiger partial charge in [0.2, 0.25) is 0 Å². The van der Waals surface area contributed by atoms with E-state index < -0.39 is 17.9 Å². The molecule has 2 N–H and O–H groups in total. The van der Waals surface area contributed by atoms with Crippen LogP contribution in [0.15, 0.2) is 0 Å². The highest BCUT2D eigenvalue weighted by Gasteiger charge is 2.41. The monoisotopic (exact) mass is 199 g/mol. The summed E-state index contributed by atoms with van der Waals surface area (Å²) in [6.07, 6.45) is -6.27. The van der Waals surface area contributed by atoms with E-state index in [1.165, 1.54) is 0 Å². The fraction of sp³-hybridized carbons (Fsp3) is 1.00. The Morgan fingerprint density at radius 3 is 1.92 bits per heavy atom. The molecule has 0 aromatic heterocycles. The Hall–Kier alpha value is -0.290. The van der Waals surface area contributed by atoms with Gasteiger partial charge in [0.15, 0.2) is 6.10 Å². The second kappa shape index (κ2) is 4.28. The molecule has 0 radical (unpaired) electrons. The van der Waals surface area contributed by atoms with Gasteiger partial charge in [0.25, 0.3) is 0 Å². The van der Waals surface area contributed by atoms with E-state index >= 15 is 0 Å². The highest BCUT2D eigenvalue weighted by atomic mass is 19.4. The van der Waals surface area contributed by atoms with Crippen molar-refractivity contribution in [3.05, 3.63) is 0 Å². The summed E-state index contributed by atoms with van der Waals surface area (Å²) in [5, 5.41) is 0. The van der Waals surface area contributed by atoms with Gasteiger partial charge in [-0.3, -0.25) is 0 Å². The summed E-state index contributed by atoms with van der Waals surface area (Å²) in [7, 11) is 0. The van der Waals surface area contributed by atoms with Crippen LogP contribution in [-0.4, -0.2) is 24.4 Å². The first kappa shape index (κ1) is 12.7. The minimum absolute atomic E-state index is 0.0275. The smallest absolute Gasteiger partial charge is 0.363 e. The Bertz CT molecular complexity index is 150. The quantitative estimate of drug-likeness (QED) is 0.755. The zero-order valence-electron chi connectivity index (χ0n) is 8.11. The lowest BCUT2D eigenvalue weighted by molar-refractivity contribution is -0.246. The van der Waals surface area contributed by atoms with Gasteiger partial charge in [0, 0.05) is 0 Å². The van der Waals surface area contributed by atoms with Gasteiger partial charge in [-0.15, -0.1) is 0 Å². The first-order chi connectivity index (χ1) is 5.67. The molecule has 1 unspecified atom stereocenters. The number of nitrogens with two attached hydrogens (primary N) is 1. The van der Waals surface area contributed by atoms with Gasteiger partial charge in [-0.2, -0.15) is 13.2 Å². The lowest BCUT2D eigenvalue weighted by Crippen LogP contribution is -2.39. The van der Waals surface area contributed by atoms with E-state index in [1.54, 1.807) is 20.8 Å². The molecule has 2 nitrogen and oxygen atoms in total. The topological polar surface area (TPSA) is 35.2 Å². The molecule has 5 heteroatoms. The number of hydrogen-bond acceptors (Lipinski definition) is 2. The molecule has 80 valence electrons. The molecular weight excluding hydrogens is 183 g/mol. The molecule has 0 fully saturated rings. The van der Waals surface area contributed by atoms with Crippen molar-refractivity contribution in [2.75, 3.05) is 6.54 Å². The minimum atomic E-state index is -4.33. The maximum Gasteiger partial charge on any atom is 0.414 e. The maximum absolute atomic E-state index is 12.3. The standard InChI is InChI=1S/C8H16F3NO/c1-7(2,3)13-6(4-5-12)8(9,10)11/h6H,4-5,12H2,1-3H3. The highest BCUT2D eigenvalue weighted by molar-refractivity contribution is 4.73. The second-order valence-corrected chi connectivity index (χ2v) is 3.84. The number of hydrogen-bond donors (Lipinski definition) is 1. The van der Waals surface area contributed by atoms with Gasteiger partial charge in [-0.1, -0.05) is 0 Å². The molecule has 0 aromatic carbocycles. The van der Waals surface area contributed by atoms with Crippen LogP contribution in [0.1, 0.15) is 27.2 Å². The number of alkyl halides is 3. The summed E-state index contributed by atoms with van der Waals surface area (Å²) >= 11 is 0. The van der Waals surface area contributed by atoms with Gasteiger partial charge in [-0.05, 0) is 33.7 Å². The minimum Gasteiger partial charge on any atom is -0.363 e. The summed E-state index contributed by atoms with van der Waals surface area (Å²) in [6.45, 7) is 4.73. The van der Waals surface area contributed by atoms with Crippen molar-refractivity contribution in [3.8, 4) is 0 Å². The molecular formula is C8H16F3NO. The number of halogens is 3. The summed E-state index contributed by atoms with van der Waals surface area (Å²) < 4.78 is 41.6. The zero-order chi connectivity index (χ0) is 10.7. The summed E-state index contributed by atoms with van der Waals surface area (Å²) in [6, 6.07) is 0. The van der Waals surface area contributed by atoms with Crippen molar-refractivity contribution >= 4 is 0 Å². The average Bonchev–Trinajstić information content (AvgIpc) is 1.81. The van der Waals surface area contributed by atoms with Crippen molar-refractivity contribution in [3.63, 3.8) is 0 Å². The van der Waals surface area contributed by atoms with E-state index in [1.807, 2.05) is 0 Å². The Balaban J connectivity index is 4.27. The molecule has 0 rings (SSSR count). The predicted molar refractivity (Wildman–Crippen MR) is 44.4 cm³/mol. The van der Waals surface area contributed by atoms with Gasteiger partial charge in [-0.25, -0.2) is 0 Å². The molecule has 0 aliphatic carbocycles. The second-order valence-electron chi connectivity index (χ2n) is 3.84. The first-order valence-corrected chi connectivity index (χ1v) is 4.11. The van der Waals surface area contributed by atoms with Crippen LogP contribution < -0.4 is 5.73 Å². The average molecular weight is 199 g/mol. The molecule has 1 atom stereocenters. The van der Waals surface area contributed by atoms with Crippen molar-refractivity contribution < 1.29 is 17.9 Å². The van der Waals surface area contributed by atoms with Gasteiger partial charge >= 0.3 is 6.18 Å². The molecule has 0 bridgehead atoms. The van der Waals surface area contributed by atoms with Gasteiger partial charge < -0.3 is 10.5 Å². The molecule has 0 saturated heterocycles. The first-order valence-electron chi connectivity index (χ1n) is 4.11. The highest BCUT2D eigenvalue weighted by Crippen LogP contribution is 2.28. The number of ether oxygens (including phenoxy) is 1. The third-order valence-electron chi connectivity index (χ3n) is 1.29. The van der Waals surface area contributed by atoms with Crippen LogP contribution in [0, 0.1) is 0 Å². The number of rotatable bonds is 3. The fourth-order valence-corrected chi connectivity index (χ4v) is 0.868. The van der Waals surface area contributed by atoms with Crippen LogP contribution in [0.2, 0.25) is 0 Å². The summed E-state index contributed by atoms with van der Waals surface area (Å²) in [5.74, 6) is 0. The lowest BCUT2D eigenvalue weighted by Gasteiger charge is -2.28. The normalized spacial score (nSPS) is 15.9. The van der Waals surface area contributed by atoms with Gasteiger partial charge in [0.05, 0.1) is 5.60 Å². The van der Waals surface area contributed by atoms with Crippen molar-refractivity contribution in [2.45, 2.75) is 45.1 Å². The molecule has 0 aliphatic heterocycles. The van der Waals surface area contributed by atoms with Crippen LogP contribution >= 0.6 is 0 Å². The van der Waals surface area contributed by atoms with Crippen LogP contribution in [0.25, 0.3) is 0 Å². The van der Waals surface area contributed by atoms with E-state index in [-0.39, 0.29) is 13.0 Å². The SMILES string of the molecule is CC(C)(C)OC(CCN)C(F)(F)F.